The largest absolute Gasteiger partial charge is 0.413 e. The molecular weight excluding hydrogens is 292 g/mol. The van der Waals surface area contributed by atoms with Crippen LogP contribution in [0.2, 0.25) is 18.1 Å². The minimum Gasteiger partial charge on any atom is -0.413 e. The Morgan fingerprint density at radius 3 is 2.35 bits per heavy atom. The summed E-state index contributed by atoms with van der Waals surface area (Å²) in [4.78, 5) is 0. The van der Waals surface area contributed by atoms with Gasteiger partial charge in [-0.3, -0.25) is 0 Å². The Balaban J connectivity index is 2.77. The predicted molar refractivity (Wildman–Crippen MR) is 80.9 cm³/mol. The van der Waals surface area contributed by atoms with Gasteiger partial charge in [-0.1, -0.05) is 42.8 Å². The van der Waals surface area contributed by atoms with Crippen molar-refractivity contribution in [2.75, 3.05) is 0 Å². The first-order valence-corrected chi connectivity index (χ1v) is 9.72. The molecule has 0 heterocycles. The van der Waals surface area contributed by atoms with Crippen LogP contribution in [0, 0.1) is 6.92 Å². The highest BCUT2D eigenvalue weighted by Crippen LogP contribution is 2.37. The molecule has 0 bridgehead atoms. The van der Waals surface area contributed by atoms with Crippen molar-refractivity contribution in [3.63, 3.8) is 0 Å². The average Bonchev–Trinajstić information content (AvgIpc) is 2.18. The average molecular weight is 315 g/mol. The van der Waals surface area contributed by atoms with Crippen molar-refractivity contribution in [2.24, 2.45) is 0 Å². The minimum absolute atomic E-state index is 0.271. The molecule has 0 aromatic heterocycles. The molecule has 0 atom stereocenters. The normalized spacial score (nSPS) is 12.9. The minimum atomic E-state index is -1.64. The maximum absolute atomic E-state index is 6.23. The molecule has 1 aromatic carbocycles. The van der Waals surface area contributed by atoms with Gasteiger partial charge < -0.3 is 4.43 Å². The number of halogens is 1. The lowest BCUT2D eigenvalue weighted by Crippen LogP contribution is -2.40. The Bertz CT molecular complexity index is 394. The summed E-state index contributed by atoms with van der Waals surface area (Å²) in [6, 6.07) is 6.36. The molecule has 0 radical (unpaired) electrons. The second-order valence-corrected chi connectivity index (χ2v) is 11.8. The van der Waals surface area contributed by atoms with E-state index in [0.717, 1.165) is 11.1 Å². The van der Waals surface area contributed by atoms with Crippen LogP contribution in [0.15, 0.2) is 22.7 Å². The molecular formula is C14H23BrOSi. The third kappa shape index (κ3) is 3.93. The van der Waals surface area contributed by atoms with Gasteiger partial charge in [0.05, 0.1) is 6.61 Å². The molecule has 0 aliphatic carbocycles. The molecule has 3 heteroatoms. The number of benzene rings is 1. The predicted octanol–water partition coefficient (Wildman–Crippen LogP) is 5.28. The summed E-state index contributed by atoms with van der Waals surface area (Å²) in [5, 5.41) is 0.271. The summed E-state index contributed by atoms with van der Waals surface area (Å²) in [6.45, 7) is 14.3. The van der Waals surface area contributed by atoms with E-state index in [-0.39, 0.29) is 5.04 Å². The van der Waals surface area contributed by atoms with Gasteiger partial charge in [-0.15, -0.1) is 0 Å². The molecule has 0 aliphatic heterocycles. The molecule has 0 unspecified atom stereocenters. The van der Waals surface area contributed by atoms with Crippen LogP contribution in [0.1, 0.15) is 31.9 Å². The Morgan fingerprint density at radius 2 is 1.82 bits per heavy atom. The van der Waals surface area contributed by atoms with Crippen molar-refractivity contribution in [1.82, 2.24) is 0 Å². The zero-order valence-corrected chi connectivity index (χ0v) is 14.3. The Kier molecular flexibility index (Phi) is 4.61. The fraction of sp³-hybridized carbons (Fsp3) is 0.571. The molecule has 17 heavy (non-hydrogen) atoms. The highest BCUT2D eigenvalue weighted by molar-refractivity contribution is 9.10. The highest BCUT2D eigenvalue weighted by atomic mass is 79.9. The topological polar surface area (TPSA) is 9.23 Å². The van der Waals surface area contributed by atoms with Crippen LogP contribution in [0.25, 0.3) is 0 Å². The maximum Gasteiger partial charge on any atom is 0.192 e. The molecule has 0 aliphatic rings. The van der Waals surface area contributed by atoms with Gasteiger partial charge >= 0.3 is 0 Å². The van der Waals surface area contributed by atoms with E-state index in [2.05, 4.69) is 74.9 Å². The number of hydrogen-bond donors (Lipinski definition) is 0. The van der Waals surface area contributed by atoms with E-state index in [4.69, 9.17) is 4.43 Å². The first-order valence-electron chi connectivity index (χ1n) is 6.02. The fourth-order valence-corrected chi connectivity index (χ4v) is 2.63. The van der Waals surface area contributed by atoms with Gasteiger partial charge in [0.25, 0.3) is 0 Å². The molecule has 96 valence electrons. The molecule has 1 aromatic rings. The molecule has 0 fully saturated rings. The lowest BCUT2D eigenvalue weighted by atomic mass is 10.1. The van der Waals surface area contributed by atoms with Crippen LogP contribution in [0.4, 0.5) is 0 Å². The van der Waals surface area contributed by atoms with E-state index in [1.54, 1.807) is 0 Å². The quantitative estimate of drug-likeness (QED) is 0.690. The van der Waals surface area contributed by atoms with Crippen LogP contribution in [0.3, 0.4) is 0 Å². The van der Waals surface area contributed by atoms with E-state index in [1.165, 1.54) is 11.1 Å². The smallest absolute Gasteiger partial charge is 0.192 e. The molecule has 1 nitrogen and oxygen atoms in total. The third-order valence-electron chi connectivity index (χ3n) is 3.71. The van der Waals surface area contributed by atoms with Gasteiger partial charge in [0.2, 0.25) is 0 Å². The first-order chi connectivity index (χ1) is 7.63. The maximum atomic E-state index is 6.23. The summed E-state index contributed by atoms with van der Waals surface area (Å²) in [6.07, 6.45) is 0. The Morgan fingerprint density at radius 1 is 1.24 bits per heavy atom. The molecule has 0 N–H and O–H groups in total. The number of rotatable bonds is 3. The lowest BCUT2D eigenvalue weighted by molar-refractivity contribution is 0.275. The molecule has 0 saturated heterocycles. The number of hydrogen-bond acceptors (Lipinski definition) is 1. The summed E-state index contributed by atoms with van der Waals surface area (Å²) in [7, 11) is -1.64. The zero-order valence-electron chi connectivity index (χ0n) is 11.7. The van der Waals surface area contributed by atoms with Crippen molar-refractivity contribution in [3.8, 4) is 0 Å². The van der Waals surface area contributed by atoms with Gasteiger partial charge in [0.15, 0.2) is 8.32 Å². The SMILES string of the molecule is Cc1ccc(Br)cc1CO[Si](C)(C)C(C)(C)C. The van der Waals surface area contributed by atoms with Crippen molar-refractivity contribution < 1.29 is 4.43 Å². The van der Waals surface area contributed by atoms with Gasteiger partial charge in [-0.2, -0.15) is 0 Å². The van der Waals surface area contributed by atoms with Crippen LogP contribution in [-0.2, 0) is 11.0 Å². The molecule has 1 rings (SSSR count). The second kappa shape index (κ2) is 5.25. The van der Waals surface area contributed by atoms with Crippen LogP contribution < -0.4 is 0 Å². The number of aryl methyl sites for hydroxylation is 1. The second-order valence-electron chi connectivity index (χ2n) is 6.12. The third-order valence-corrected chi connectivity index (χ3v) is 8.68. The van der Waals surface area contributed by atoms with E-state index < -0.39 is 8.32 Å². The monoisotopic (exact) mass is 314 g/mol. The van der Waals surface area contributed by atoms with Gasteiger partial charge in [0, 0.05) is 4.47 Å². The van der Waals surface area contributed by atoms with Crippen LogP contribution >= 0.6 is 15.9 Å². The summed E-state index contributed by atoms with van der Waals surface area (Å²) in [5.74, 6) is 0. The molecule has 0 saturated carbocycles. The van der Waals surface area contributed by atoms with Crippen molar-refractivity contribution in [2.45, 2.75) is 52.4 Å². The highest BCUT2D eigenvalue weighted by Gasteiger charge is 2.37. The van der Waals surface area contributed by atoms with Gasteiger partial charge in [0.1, 0.15) is 0 Å². The molecule has 0 spiro atoms. The fourth-order valence-electron chi connectivity index (χ4n) is 1.27. The Labute approximate surface area is 115 Å². The summed E-state index contributed by atoms with van der Waals surface area (Å²) < 4.78 is 7.36. The lowest BCUT2D eigenvalue weighted by Gasteiger charge is -2.36. The zero-order chi connectivity index (χ0) is 13.3. The van der Waals surface area contributed by atoms with Gasteiger partial charge in [-0.05, 0) is 48.3 Å². The van der Waals surface area contributed by atoms with Crippen LogP contribution in [0.5, 0.6) is 0 Å². The van der Waals surface area contributed by atoms with E-state index in [0.29, 0.717) is 0 Å². The summed E-state index contributed by atoms with van der Waals surface area (Å²) >= 11 is 3.51. The molecule has 0 amide bonds. The van der Waals surface area contributed by atoms with E-state index in [1.807, 2.05) is 0 Å². The van der Waals surface area contributed by atoms with Gasteiger partial charge in [-0.25, -0.2) is 0 Å². The van der Waals surface area contributed by atoms with Crippen LogP contribution in [-0.4, -0.2) is 8.32 Å². The summed E-state index contributed by atoms with van der Waals surface area (Å²) in [5.41, 5.74) is 2.58. The van der Waals surface area contributed by atoms with Crippen molar-refractivity contribution >= 4 is 24.2 Å². The standard InChI is InChI=1S/C14H23BrOSi/c1-11-7-8-13(15)9-12(11)10-16-17(5,6)14(2,3)4/h7-9H,10H2,1-6H3. The van der Waals surface area contributed by atoms with E-state index >= 15 is 0 Å². The van der Waals surface area contributed by atoms with E-state index in [9.17, 15) is 0 Å². The first kappa shape index (κ1) is 14.9. The Hall–Kier alpha value is -0.123. The van der Waals surface area contributed by atoms with Crippen molar-refractivity contribution in [3.05, 3.63) is 33.8 Å². The van der Waals surface area contributed by atoms with Crippen molar-refractivity contribution in [1.29, 1.82) is 0 Å².